The van der Waals surface area contributed by atoms with Gasteiger partial charge in [-0.05, 0) is 33.6 Å². The average molecular weight is 309 g/mol. The van der Waals surface area contributed by atoms with Gasteiger partial charge in [0.25, 0.3) is 0 Å². The van der Waals surface area contributed by atoms with Crippen LogP contribution in [0.4, 0.5) is 0 Å². The minimum Gasteiger partial charge on any atom is -0.0775 e. The van der Waals surface area contributed by atoms with Crippen LogP contribution in [0, 0.1) is 0 Å². The number of unbranched alkanes of at least 4 members (excludes halogenated alkanes) is 14. The molecule has 0 aromatic heterocycles. The van der Waals surface area contributed by atoms with Crippen LogP contribution < -0.4 is 0 Å². The Hall–Kier alpha value is -0.260. The van der Waals surface area contributed by atoms with E-state index in [0.29, 0.717) is 0 Å². The second-order valence-corrected chi connectivity index (χ2v) is 7.48. The number of hydrogen-bond acceptors (Lipinski definition) is 0. The lowest BCUT2D eigenvalue weighted by molar-refractivity contribution is 0.532. The van der Waals surface area contributed by atoms with Gasteiger partial charge in [-0.2, -0.15) is 0 Å². The topological polar surface area (TPSA) is 0 Å². The highest BCUT2D eigenvalue weighted by Crippen LogP contribution is 2.15. The summed E-state index contributed by atoms with van der Waals surface area (Å²) in [5, 5.41) is 0. The summed E-state index contributed by atoms with van der Waals surface area (Å²) in [6, 6.07) is 0. The molecule has 0 heterocycles. The molecule has 0 nitrogen and oxygen atoms in total. The van der Waals surface area contributed by atoms with Crippen LogP contribution >= 0.6 is 0 Å². The molecule has 0 fully saturated rings. The van der Waals surface area contributed by atoms with Gasteiger partial charge < -0.3 is 0 Å². The van der Waals surface area contributed by atoms with Gasteiger partial charge in [0.15, 0.2) is 0 Å². The van der Waals surface area contributed by atoms with Crippen molar-refractivity contribution in [2.45, 2.75) is 130 Å². The van der Waals surface area contributed by atoms with Crippen LogP contribution in [0.1, 0.15) is 130 Å². The SMILES string of the molecule is CCCCCCCCCCCCCCCCCC(C)=C(C)C. The fourth-order valence-corrected chi connectivity index (χ4v) is 3.01. The first-order chi connectivity index (χ1) is 10.7. The third-order valence-corrected chi connectivity index (χ3v) is 5.01. The largest absolute Gasteiger partial charge is 0.0775 e. The molecule has 0 aliphatic carbocycles. The van der Waals surface area contributed by atoms with Crippen molar-refractivity contribution in [1.29, 1.82) is 0 Å². The highest BCUT2D eigenvalue weighted by molar-refractivity contribution is 5.06. The Bertz CT molecular complexity index is 245. The molecule has 0 spiro atoms. The van der Waals surface area contributed by atoms with Gasteiger partial charge in [-0.15, -0.1) is 0 Å². The summed E-state index contributed by atoms with van der Waals surface area (Å²) in [5.41, 5.74) is 3.13. The quantitative estimate of drug-likeness (QED) is 0.198. The second kappa shape index (κ2) is 17.1. The molecule has 0 bridgehead atoms. The van der Waals surface area contributed by atoms with Crippen molar-refractivity contribution in [2.24, 2.45) is 0 Å². The van der Waals surface area contributed by atoms with Crippen molar-refractivity contribution in [3.8, 4) is 0 Å². The molecular formula is C22H44. The van der Waals surface area contributed by atoms with Crippen LogP contribution in [0.15, 0.2) is 11.1 Å². The van der Waals surface area contributed by atoms with E-state index in [1.807, 2.05) is 0 Å². The molecule has 0 aliphatic heterocycles. The van der Waals surface area contributed by atoms with Crippen molar-refractivity contribution in [2.75, 3.05) is 0 Å². The second-order valence-electron chi connectivity index (χ2n) is 7.48. The predicted molar refractivity (Wildman–Crippen MR) is 104 cm³/mol. The van der Waals surface area contributed by atoms with Crippen LogP contribution in [0.2, 0.25) is 0 Å². The molecule has 0 aliphatic rings. The highest BCUT2D eigenvalue weighted by atomic mass is 14.0. The molecule has 0 saturated carbocycles. The third kappa shape index (κ3) is 16.1. The molecule has 0 unspecified atom stereocenters. The Morgan fingerprint density at radius 3 is 1.09 bits per heavy atom. The summed E-state index contributed by atoms with van der Waals surface area (Å²) in [4.78, 5) is 0. The maximum absolute atomic E-state index is 2.30. The van der Waals surface area contributed by atoms with Crippen molar-refractivity contribution >= 4 is 0 Å². The molecule has 0 saturated heterocycles. The lowest BCUT2D eigenvalue weighted by atomic mass is 10.0. The summed E-state index contributed by atoms with van der Waals surface area (Å²) >= 11 is 0. The zero-order valence-electron chi connectivity index (χ0n) is 16.3. The van der Waals surface area contributed by atoms with Crippen LogP contribution in [0.5, 0.6) is 0 Å². The lowest BCUT2D eigenvalue weighted by Crippen LogP contribution is -1.85. The van der Waals surface area contributed by atoms with E-state index in [-0.39, 0.29) is 0 Å². The Labute approximate surface area is 142 Å². The van der Waals surface area contributed by atoms with Crippen LogP contribution in [0.25, 0.3) is 0 Å². The Kier molecular flexibility index (Phi) is 16.9. The first-order valence-electron chi connectivity index (χ1n) is 10.3. The average Bonchev–Trinajstić information content (AvgIpc) is 2.50. The van der Waals surface area contributed by atoms with E-state index >= 15 is 0 Å². The number of hydrogen-bond donors (Lipinski definition) is 0. The van der Waals surface area contributed by atoms with Gasteiger partial charge in [0.1, 0.15) is 0 Å². The molecule has 0 N–H and O–H groups in total. The van der Waals surface area contributed by atoms with Gasteiger partial charge in [-0.1, -0.05) is 108 Å². The minimum absolute atomic E-state index is 1.32. The van der Waals surface area contributed by atoms with Gasteiger partial charge in [-0.25, -0.2) is 0 Å². The van der Waals surface area contributed by atoms with Gasteiger partial charge >= 0.3 is 0 Å². The Morgan fingerprint density at radius 2 is 0.773 bits per heavy atom. The van der Waals surface area contributed by atoms with Gasteiger partial charge in [0, 0.05) is 0 Å². The normalized spacial score (nSPS) is 10.9. The van der Waals surface area contributed by atoms with Crippen LogP contribution in [-0.2, 0) is 0 Å². The molecule has 132 valence electrons. The van der Waals surface area contributed by atoms with Crippen molar-refractivity contribution in [3.63, 3.8) is 0 Å². The maximum atomic E-state index is 2.30. The minimum atomic E-state index is 1.32. The highest BCUT2D eigenvalue weighted by Gasteiger charge is 1.96. The first-order valence-corrected chi connectivity index (χ1v) is 10.3. The van der Waals surface area contributed by atoms with E-state index in [4.69, 9.17) is 0 Å². The molecule has 0 heteroatoms. The maximum Gasteiger partial charge on any atom is -0.0321 e. The molecule has 0 aromatic carbocycles. The van der Waals surface area contributed by atoms with Crippen molar-refractivity contribution in [1.82, 2.24) is 0 Å². The van der Waals surface area contributed by atoms with E-state index in [1.54, 1.807) is 5.57 Å². The van der Waals surface area contributed by atoms with E-state index < -0.39 is 0 Å². The van der Waals surface area contributed by atoms with E-state index in [1.165, 1.54) is 108 Å². The van der Waals surface area contributed by atoms with E-state index in [2.05, 4.69) is 27.7 Å². The smallest absolute Gasteiger partial charge is 0.0321 e. The summed E-state index contributed by atoms with van der Waals surface area (Å²) in [7, 11) is 0. The molecule has 0 amide bonds. The van der Waals surface area contributed by atoms with Gasteiger partial charge in [0.05, 0.1) is 0 Å². The molecule has 22 heavy (non-hydrogen) atoms. The van der Waals surface area contributed by atoms with Gasteiger partial charge in [0.2, 0.25) is 0 Å². The van der Waals surface area contributed by atoms with Crippen LogP contribution in [0.3, 0.4) is 0 Å². The Morgan fingerprint density at radius 1 is 0.455 bits per heavy atom. The third-order valence-electron chi connectivity index (χ3n) is 5.01. The van der Waals surface area contributed by atoms with E-state index in [9.17, 15) is 0 Å². The Balaban J connectivity index is 3.07. The molecule has 0 aromatic rings. The van der Waals surface area contributed by atoms with E-state index in [0.717, 1.165) is 0 Å². The van der Waals surface area contributed by atoms with Gasteiger partial charge in [-0.3, -0.25) is 0 Å². The number of rotatable bonds is 16. The molecular weight excluding hydrogens is 264 g/mol. The molecule has 0 rings (SSSR count). The molecule has 0 atom stereocenters. The summed E-state index contributed by atoms with van der Waals surface area (Å²) in [5.74, 6) is 0. The fraction of sp³-hybridized carbons (Fsp3) is 0.909. The zero-order chi connectivity index (χ0) is 16.5. The summed E-state index contributed by atoms with van der Waals surface area (Å²) in [6.45, 7) is 9.06. The van der Waals surface area contributed by atoms with Crippen molar-refractivity contribution < 1.29 is 0 Å². The summed E-state index contributed by atoms with van der Waals surface area (Å²) < 4.78 is 0. The molecule has 0 radical (unpaired) electrons. The fourth-order valence-electron chi connectivity index (χ4n) is 3.01. The summed E-state index contributed by atoms with van der Waals surface area (Å²) in [6.07, 6.45) is 23.1. The first kappa shape index (κ1) is 21.7. The predicted octanol–water partition coefficient (Wildman–Crippen LogP) is 8.60. The zero-order valence-corrected chi connectivity index (χ0v) is 16.3. The standard InChI is InChI=1S/C22H44/c1-5-6-7-8-9-10-11-12-13-14-15-16-17-18-19-20-22(4)21(2)3/h5-20H2,1-4H3. The lowest BCUT2D eigenvalue weighted by Gasteiger charge is -2.05. The van der Waals surface area contributed by atoms with Crippen LogP contribution in [-0.4, -0.2) is 0 Å². The van der Waals surface area contributed by atoms with Crippen molar-refractivity contribution in [3.05, 3.63) is 11.1 Å². The monoisotopic (exact) mass is 308 g/mol. The number of allylic oxidation sites excluding steroid dienone is 2.